The fourth-order valence-electron chi connectivity index (χ4n) is 1.02. The highest BCUT2D eigenvalue weighted by Crippen LogP contribution is 2.10. The standard InChI is InChI=1S/C8H11ClFNOSi/c1-13(2,10)6-11-7(9)4-3-5-8(11)12/h3-5H,6H2,1-2H3. The minimum Gasteiger partial charge on any atom is -0.313 e. The van der Waals surface area contributed by atoms with Crippen molar-refractivity contribution in [2.75, 3.05) is 0 Å². The van der Waals surface area contributed by atoms with E-state index in [-0.39, 0.29) is 11.7 Å². The maximum absolute atomic E-state index is 13.4. The van der Waals surface area contributed by atoms with Crippen molar-refractivity contribution in [1.82, 2.24) is 4.57 Å². The second-order valence-electron chi connectivity index (χ2n) is 3.49. The van der Waals surface area contributed by atoms with E-state index in [4.69, 9.17) is 11.6 Å². The van der Waals surface area contributed by atoms with Crippen molar-refractivity contribution in [3.8, 4) is 0 Å². The van der Waals surface area contributed by atoms with Gasteiger partial charge in [0, 0.05) is 6.07 Å². The SMILES string of the molecule is C[Si](C)(F)Cn1c(Cl)cccc1=O. The molecule has 0 unspecified atom stereocenters. The van der Waals surface area contributed by atoms with Gasteiger partial charge < -0.3 is 4.11 Å². The smallest absolute Gasteiger partial charge is 0.260 e. The highest BCUT2D eigenvalue weighted by Gasteiger charge is 2.22. The summed E-state index contributed by atoms with van der Waals surface area (Å²) in [5, 5.41) is 0.297. The number of nitrogens with zero attached hydrogens (tertiary/aromatic N) is 1. The van der Waals surface area contributed by atoms with Crippen LogP contribution in [0.2, 0.25) is 18.2 Å². The molecule has 0 aliphatic rings. The first-order valence-corrected chi connectivity index (χ1v) is 7.41. The van der Waals surface area contributed by atoms with Crippen LogP contribution in [0.25, 0.3) is 0 Å². The predicted molar refractivity (Wildman–Crippen MR) is 54.3 cm³/mol. The summed E-state index contributed by atoms with van der Waals surface area (Å²) in [7, 11) is -2.78. The summed E-state index contributed by atoms with van der Waals surface area (Å²) in [6, 6.07) is 4.53. The van der Waals surface area contributed by atoms with Crippen molar-refractivity contribution < 1.29 is 4.11 Å². The Bertz CT molecular complexity index is 358. The highest BCUT2D eigenvalue weighted by atomic mass is 35.5. The van der Waals surface area contributed by atoms with E-state index in [1.807, 2.05) is 0 Å². The molecule has 1 heterocycles. The van der Waals surface area contributed by atoms with Gasteiger partial charge in [-0.25, -0.2) is 0 Å². The molecule has 72 valence electrons. The maximum Gasteiger partial charge on any atom is 0.260 e. The van der Waals surface area contributed by atoms with Crippen molar-refractivity contribution in [3.05, 3.63) is 33.7 Å². The van der Waals surface area contributed by atoms with Gasteiger partial charge in [0.15, 0.2) is 0 Å². The largest absolute Gasteiger partial charge is 0.313 e. The van der Waals surface area contributed by atoms with Crippen LogP contribution in [0.15, 0.2) is 23.0 Å². The normalized spacial score (nSPS) is 11.7. The van der Waals surface area contributed by atoms with Crippen molar-refractivity contribution in [2.24, 2.45) is 0 Å². The molecule has 1 aromatic heterocycles. The molecule has 0 bridgehead atoms. The number of pyridine rings is 1. The molecule has 0 radical (unpaired) electrons. The number of halogens is 2. The molecule has 0 amide bonds. The molecule has 0 atom stereocenters. The van der Waals surface area contributed by atoms with E-state index < -0.39 is 8.41 Å². The molecule has 0 N–H and O–H groups in total. The van der Waals surface area contributed by atoms with Gasteiger partial charge in [0.25, 0.3) is 14.0 Å². The van der Waals surface area contributed by atoms with E-state index in [1.54, 1.807) is 25.2 Å². The molecule has 0 saturated carbocycles. The first kappa shape index (κ1) is 10.5. The summed E-state index contributed by atoms with van der Waals surface area (Å²) >= 11 is 5.75. The van der Waals surface area contributed by atoms with E-state index in [9.17, 15) is 8.90 Å². The lowest BCUT2D eigenvalue weighted by Gasteiger charge is -2.14. The number of hydrogen-bond donors (Lipinski definition) is 0. The molecule has 1 aromatic rings. The fraction of sp³-hybridized carbons (Fsp3) is 0.375. The minimum atomic E-state index is -2.78. The van der Waals surface area contributed by atoms with Crippen LogP contribution >= 0.6 is 11.6 Å². The lowest BCUT2D eigenvalue weighted by atomic mass is 10.5. The molecule has 0 saturated heterocycles. The van der Waals surface area contributed by atoms with Gasteiger partial charge in [-0.2, -0.15) is 0 Å². The molecule has 0 aromatic carbocycles. The van der Waals surface area contributed by atoms with Crippen LogP contribution in [0, 0.1) is 0 Å². The second kappa shape index (κ2) is 3.63. The minimum absolute atomic E-state index is 0.117. The number of rotatable bonds is 2. The molecule has 2 nitrogen and oxygen atoms in total. The van der Waals surface area contributed by atoms with Crippen LogP contribution < -0.4 is 5.56 Å². The summed E-state index contributed by atoms with van der Waals surface area (Å²) in [4.78, 5) is 11.3. The third kappa shape index (κ3) is 2.97. The maximum atomic E-state index is 13.4. The van der Waals surface area contributed by atoms with Crippen molar-refractivity contribution in [3.63, 3.8) is 0 Å². The highest BCUT2D eigenvalue weighted by molar-refractivity contribution is 6.69. The zero-order valence-electron chi connectivity index (χ0n) is 7.55. The van der Waals surface area contributed by atoms with Crippen LogP contribution in [0.5, 0.6) is 0 Å². The monoisotopic (exact) mass is 219 g/mol. The van der Waals surface area contributed by atoms with Gasteiger partial charge in [-0.3, -0.25) is 9.36 Å². The topological polar surface area (TPSA) is 22.0 Å². The van der Waals surface area contributed by atoms with E-state index in [2.05, 4.69) is 0 Å². The van der Waals surface area contributed by atoms with Crippen LogP contribution in [-0.2, 0) is 6.17 Å². The zero-order valence-corrected chi connectivity index (χ0v) is 9.31. The lowest BCUT2D eigenvalue weighted by Crippen LogP contribution is -2.33. The van der Waals surface area contributed by atoms with E-state index >= 15 is 0 Å². The molecule has 1 rings (SSSR count). The van der Waals surface area contributed by atoms with E-state index in [1.165, 1.54) is 10.6 Å². The molecule has 0 fully saturated rings. The fourth-order valence-corrected chi connectivity index (χ4v) is 2.42. The van der Waals surface area contributed by atoms with Gasteiger partial charge in [0.1, 0.15) is 5.15 Å². The Kier molecular flexibility index (Phi) is 2.93. The molecule has 0 aliphatic heterocycles. The lowest BCUT2D eigenvalue weighted by molar-refractivity contribution is 0.704. The molecule has 5 heteroatoms. The number of hydrogen-bond acceptors (Lipinski definition) is 1. The zero-order chi connectivity index (χ0) is 10.1. The second-order valence-corrected chi connectivity index (χ2v) is 7.63. The average Bonchev–Trinajstić information content (AvgIpc) is 1.95. The van der Waals surface area contributed by atoms with Gasteiger partial charge in [-0.05, 0) is 19.2 Å². The summed E-state index contributed by atoms with van der Waals surface area (Å²) in [6.07, 6.45) is 0.117. The Morgan fingerprint density at radius 3 is 2.62 bits per heavy atom. The molecular weight excluding hydrogens is 209 g/mol. The third-order valence-electron chi connectivity index (χ3n) is 1.53. The Labute approximate surface area is 82.1 Å². The van der Waals surface area contributed by atoms with Crippen molar-refractivity contribution in [2.45, 2.75) is 19.3 Å². The summed E-state index contributed by atoms with van der Waals surface area (Å²) in [5.74, 6) is 0. The molecule has 0 aliphatic carbocycles. The van der Waals surface area contributed by atoms with Crippen LogP contribution in [0.3, 0.4) is 0 Å². The summed E-state index contributed by atoms with van der Waals surface area (Å²) in [6.45, 7) is 3.09. The Balaban J connectivity index is 3.08. The molecular formula is C8H11ClFNOSi. The average molecular weight is 220 g/mol. The van der Waals surface area contributed by atoms with Crippen LogP contribution in [0.4, 0.5) is 4.11 Å². The van der Waals surface area contributed by atoms with Crippen LogP contribution in [0.1, 0.15) is 0 Å². The molecule has 0 spiro atoms. The Morgan fingerprint density at radius 2 is 2.15 bits per heavy atom. The predicted octanol–water partition coefficient (Wildman–Crippen LogP) is 2.22. The van der Waals surface area contributed by atoms with E-state index in [0.29, 0.717) is 5.15 Å². The van der Waals surface area contributed by atoms with Gasteiger partial charge in [-0.1, -0.05) is 17.7 Å². The first-order chi connectivity index (χ1) is 5.90. The van der Waals surface area contributed by atoms with Gasteiger partial charge >= 0.3 is 0 Å². The quantitative estimate of drug-likeness (QED) is 0.425. The number of aromatic nitrogens is 1. The summed E-state index contributed by atoms with van der Waals surface area (Å²) in [5.41, 5.74) is -0.245. The van der Waals surface area contributed by atoms with Crippen LogP contribution in [-0.4, -0.2) is 13.0 Å². The Morgan fingerprint density at radius 1 is 1.54 bits per heavy atom. The van der Waals surface area contributed by atoms with Crippen molar-refractivity contribution in [1.29, 1.82) is 0 Å². The van der Waals surface area contributed by atoms with Gasteiger partial charge in [0.2, 0.25) is 0 Å². The Hall–Kier alpha value is -0.613. The molecule has 13 heavy (non-hydrogen) atoms. The van der Waals surface area contributed by atoms with Gasteiger partial charge in [0.05, 0.1) is 6.17 Å². The first-order valence-electron chi connectivity index (χ1n) is 3.94. The summed E-state index contributed by atoms with van der Waals surface area (Å²) < 4.78 is 14.6. The van der Waals surface area contributed by atoms with Gasteiger partial charge in [-0.15, -0.1) is 0 Å². The third-order valence-corrected chi connectivity index (χ3v) is 2.93. The van der Waals surface area contributed by atoms with Crippen molar-refractivity contribution >= 4 is 20.0 Å². The van der Waals surface area contributed by atoms with E-state index in [0.717, 1.165) is 0 Å².